The molecule has 1 nitrogen and oxygen atoms in total. The van der Waals surface area contributed by atoms with Crippen molar-refractivity contribution in [2.45, 2.75) is 25.8 Å². The molecule has 0 aromatic heterocycles. The molecule has 0 aromatic rings. The number of rotatable bonds is 2. The molecule has 0 aliphatic heterocycles. The summed E-state index contributed by atoms with van der Waals surface area (Å²) in [6, 6.07) is 0.336. The van der Waals surface area contributed by atoms with Crippen LogP contribution in [0.25, 0.3) is 0 Å². The third-order valence-electron chi connectivity index (χ3n) is 0.659. The molecule has 0 bridgehead atoms. The predicted molar refractivity (Wildman–Crippen MR) is 35.5 cm³/mol. The topological polar surface area (TPSA) is 26.0 Å². The summed E-state index contributed by atoms with van der Waals surface area (Å²) in [5.74, 6) is 0. The lowest BCUT2D eigenvalue weighted by atomic mass is 10.2. The molecule has 0 heterocycles. The molecular formula is C5H13ClN. The molecule has 0 aromatic carbocycles. The van der Waals surface area contributed by atoms with Crippen LogP contribution in [-0.2, 0) is 0 Å². The zero-order valence-electron chi connectivity index (χ0n) is 4.68. The SMILES string of the molecule is Cl.[CH2]CCC(C)N. The molecule has 0 spiro atoms. The largest absolute Gasteiger partial charge is 0.328 e. The van der Waals surface area contributed by atoms with Gasteiger partial charge in [0, 0.05) is 6.04 Å². The zero-order valence-corrected chi connectivity index (χ0v) is 5.50. The smallest absolute Gasteiger partial charge is 0.00104 e. The lowest BCUT2D eigenvalue weighted by Gasteiger charge is -1.96. The van der Waals surface area contributed by atoms with E-state index in [1.165, 1.54) is 0 Å². The summed E-state index contributed by atoms with van der Waals surface area (Å²) in [6.07, 6.45) is 2.00. The molecule has 0 aliphatic rings. The summed E-state index contributed by atoms with van der Waals surface area (Å²) in [5, 5.41) is 0. The van der Waals surface area contributed by atoms with Gasteiger partial charge in [-0.3, -0.25) is 0 Å². The Kier molecular flexibility index (Phi) is 9.17. The average molecular weight is 123 g/mol. The van der Waals surface area contributed by atoms with Gasteiger partial charge in [-0.05, 0) is 13.3 Å². The predicted octanol–water partition coefficient (Wildman–Crippen LogP) is 1.37. The lowest BCUT2D eigenvalue weighted by molar-refractivity contribution is 0.675. The first-order valence-electron chi connectivity index (χ1n) is 2.32. The number of hydrogen-bond donors (Lipinski definition) is 1. The Morgan fingerprint density at radius 2 is 2.14 bits per heavy atom. The van der Waals surface area contributed by atoms with Gasteiger partial charge in [0.25, 0.3) is 0 Å². The fourth-order valence-corrected chi connectivity index (χ4v) is 0.322. The molecule has 0 fully saturated rings. The second kappa shape index (κ2) is 6.25. The zero-order chi connectivity index (χ0) is 4.99. The molecule has 1 unspecified atom stereocenters. The van der Waals surface area contributed by atoms with E-state index in [4.69, 9.17) is 5.73 Å². The van der Waals surface area contributed by atoms with Crippen molar-refractivity contribution in [1.82, 2.24) is 0 Å². The molecular weight excluding hydrogens is 110 g/mol. The second-order valence-corrected chi connectivity index (χ2v) is 1.62. The van der Waals surface area contributed by atoms with Crippen LogP contribution in [0.2, 0.25) is 0 Å². The van der Waals surface area contributed by atoms with E-state index in [1.54, 1.807) is 0 Å². The molecule has 0 saturated heterocycles. The maximum absolute atomic E-state index is 5.36. The van der Waals surface area contributed by atoms with Crippen LogP contribution in [0.4, 0.5) is 0 Å². The minimum atomic E-state index is 0. The van der Waals surface area contributed by atoms with Crippen molar-refractivity contribution in [3.8, 4) is 0 Å². The van der Waals surface area contributed by atoms with Crippen molar-refractivity contribution >= 4 is 12.4 Å². The highest BCUT2D eigenvalue weighted by Gasteiger charge is 1.85. The van der Waals surface area contributed by atoms with Crippen molar-refractivity contribution in [3.05, 3.63) is 6.92 Å². The molecule has 7 heavy (non-hydrogen) atoms. The fourth-order valence-electron chi connectivity index (χ4n) is 0.322. The summed E-state index contributed by atoms with van der Waals surface area (Å²) in [5.41, 5.74) is 5.36. The molecule has 0 saturated carbocycles. The van der Waals surface area contributed by atoms with Gasteiger partial charge in [0.15, 0.2) is 0 Å². The summed E-state index contributed by atoms with van der Waals surface area (Å²) in [7, 11) is 0. The Hall–Kier alpha value is 0.250. The lowest BCUT2D eigenvalue weighted by Crippen LogP contribution is -2.13. The first-order chi connectivity index (χ1) is 2.77. The number of nitrogens with two attached hydrogens (primary N) is 1. The van der Waals surface area contributed by atoms with E-state index in [2.05, 4.69) is 6.92 Å². The van der Waals surface area contributed by atoms with Crippen LogP contribution < -0.4 is 5.73 Å². The van der Waals surface area contributed by atoms with Crippen molar-refractivity contribution < 1.29 is 0 Å². The Balaban J connectivity index is 0. The van der Waals surface area contributed by atoms with E-state index in [0.29, 0.717) is 6.04 Å². The highest BCUT2D eigenvalue weighted by molar-refractivity contribution is 5.85. The van der Waals surface area contributed by atoms with Gasteiger partial charge in [0.1, 0.15) is 0 Å². The van der Waals surface area contributed by atoms with Crippen LogP contribution in [-0.4, -0.2) is 6.04 Å². The molecule has 1 radical (unpaired) electrons. The van der Waals surface area contributed by atoms with Gasteiger partial charge < -0.3 is 5.73 Å². The van der Waals surface area contributed by atoms with Gasteiger partial charge in [0.2, 0.25) is 0 Å². The van der Waals surface area contributed by atoms with Crippen LogP contribution in [0.5, 0.6) is 0 Å². The number of hydrogen-bond acceptors (Lipinski definition) is 1. The molecule has 1 atom stereocenters. The first-order valence-corrected chi connectivity index (χ1v) is 2.32. The maximum Gasteiger partial charge on any atom is 0.00104 e. The van der Waals surface area contributed by atoms with E-state index in [9.17, 15) is 0 Å². The van der Waals surface area contributed by atoms with Crippen molar-refractivity contribution in [2.24, 2.45) is 5.73 Å². The minimum Gasteiger partial charge on any atom is -0.328 e. The fraction of sp³-hybridized carbons (Fsp3) is 0.800. The second-order valence-electron chi connectivity index (χ2n) is 1.62. The van der Waals surface area contributed by atoms with Gasteiger partial charge in [-0.25, -0.2) is 0 Å². The molecule has 0 aliphatic carbocycles. The van der Waals surface area contributed by atoms with Gasteiger partial charge in [0.05, 0.1) is 0 Å². The van der Waals surface area contributed by atoms with E-state index < -0.39 is 0 Å². The van der Waals surface area contributed by atoms with Crippen LogP contribution in [0.3, 0.4) is 0 Å². The Morgan fingerprint density at radius 1 is 1.71 bits per heavy atom. The quantitative estimate of drug-likeness (QED) is 0.588. The van der Waals surface area contributed by atoms with Gasteiger partial charge in [-0.15, -0.1) is 12.4 Å². The van der Waals surface area contributed by atoms with Crippen LogP contribution >= 0.6 is 12.4 Å². The maximum atomic E-state index is 5.36. The Morgan fingerprint density at radius 3 is 2.14 bits per heavy atom. The van der Waals surface area contributed by atoms with E-state index in [-0.39, 0.29) is 12.4 Å². The Labute approximate surface area is 51.7 Å². The highest BCUT2D eigenvalue weighted by atomic mass is 35.5. The highest BCUT2D eigenvalue weighted by Crippen LogP contribution is 1.87. The summed E-state index contributed by atoms with van der Waals surface area (Å²) >= 11 is 0. The summed E-state index contributed by atoms with van der Waals surface area (Å²) in [6.45, 7) is 5.64. The summed E-state index contributed by atoms with van der Waals surface area (Å²) in [4.78, 5) is 0. The van der Waals surface area contributed by atoms with E-state index in [1.807, 2.05) is 6.92 Å². The molecule has 0 amide bonds. The molecule has 2 heteroatoms. The first kappa shape index (κ1) is 10.3. The normalized spacial score (nSPS) is 12.4. The van der Waals surface area contributed by atoms with Gasteiger partial charge in [-0.1, -0.05) is 13.3 Å². The van der Waals surface area contributed by atoms with Crippen molar-refractivity contribution in [3.63, 3.8) is 0 Å². The third-order valence-corrected chi connectivity index (χ3v) is 0.659. The summed E-state index contributed by atoms with van der Waals surface area (Å²) < 4.78 is 0. The third kappa shape index (κ3) is 10.7. The molecule has 2 N–H and O–H groups in total. The molecule has 45 valence electrons. The Bertz CT molecular complexity index is 29.3. The van der Waals surface area contributed by atoms with Gasteiger partial charge in [-0.2, -0.15) is 0 Å². The number of halogens is 1. The minimum absolute atomic E-state index is 0. The molecule has 0 rings (SSSR count). The van der Waals surface area contributed by atoms with Crippen LogP contribution in [0, 0.1) is 6.92 Å². The average Bonchev–Trinajstić information content (AvgIpc) is 1.35. The van der Waals surface area contributed by atoms with Crippen molar-refractivity contribution in [2.75, 3.05) is 0 Å². The van der Waals surface area contributed by atoms with E-state index in [0.717, 1.165) is 12.8 Å². The van der Waals surface area contributed by atoms with Gasteiger partial charge >= 0.3 is 0 Å². The standard InChI is InChI=1S/C5H12N.ClH/c1-3-4-5(2)6;/h5H,1,3-4,6H2,2H3;1H. The van der Waals surface area contributed by atoms with Crippen molar-refractivity contribution in [1.29, 1.82) is 0 Å². The monoisotopic (exact) mass is 122 g/mol. The van der Waals surface area contributed by atoms with E-state index >= 15 is 0 Å². The van der Waals surface area contributed by atoms with Crippen LogP contribution in [0.1, 0.15) is 19.8 Å². The van der Waals surface area contributed by atoms with Crippen LogP contribution in [0.15, 0.2) is 0 Å².